The van der Waals surface area contributed by atoms with Crippen molar-refractivity contribution < 1.29 is 0 Å². The summed E-state index contributed by atoms with van der Waals surface area (Å²) in [6, 6.07) is 0. The standard InChI is InChI=1S/C15H30/c1-6-12(2)8-7-9-13(3)10-15(5)11-14(15)4/h12-14H,6-11H2,1-5H3. The van der Waals surface area contributed by atoms with Crippen molar-refractivity contribution in [1.29, 1.82) is 0 Å². The van der Waals surface area contributed by atoms with Gasteiger partial charge in [0.2, 0.25) is 0 Å². The van der Waals surface area contributed by atoms with Crippen LogP contribution in [0.3, 0.4) is 0 Å². The monoisotopic (exact) mass is 210 g/mol. The lowest BCUT2D eigenvalue weighted by Crippen LogP contribution is -2.06. The summed E-state index contributed by atoms with van der Waals surface area (Å²) in [5, 5.41) is 0. The Labute approximate surface area is 96.8 Å². The van der Waals surface area contributed by atoms with Gasteiger partial charge in [0.25, 0.3) is 0 Å². The van der Waals surface area contributed by atoms with Gasteiger partial charge in [-0.2, -0.15) is 0 Å². The number of hydrogen-bond donors (Lipinski definition) is 0. The maximum atomic E-state index is 2.48. The smallest absolute Gasteiger partial charge is 0.0295 e. The molecule has 0 spiro atoms. The fourth-order valence-corrected chi connectivity index (χ4v) is 2.84. The Hall–Kier alpha value is 0. The molecule has 0 nitrogen and oxygen atoms in total. The van der Waals surface area contributed by atoms with Crippen LogP contribution in [0.25, 0.3) is 0 Å². The summed E-state index contributed by atoms with van der Waals surface area (Å²) >= 11 is 0. The van der Waals surface area contributed by atoms with Gasteiger partial charge in [-0.05, 0) is 36.0 Å². The first-order valence-corrected chi connectivity index (χ1v) is 6.98. The van der Waals surface area contributed by atoms with Gasteiger partial charge in [0.1, 0.15) is 0 Å². The van der Waals surface area contributed by atoms with Crippen molar-refractivity contribution in [2.45, 2.75) is 73.1 Å². The summed E-state index contributed by atoms with van der Waals surface area (Å²) in [5.41, 5.74) is 0.718. The van der Waals surface area contributed by atoms with E-state index in [4.69, 9.17) is 0 Å². The molecular weight excluding hydrogens is 180 g/mol. The van der Waals surface area contributed by atoms with Crippen LogP contribution in [0, 0.1) is 23.2 Å². The molecule has 0 heterocycles. The second-order valence-electron chi connectivity index (χ2n) is 6.51. The average molecular weight is 210 g/mol. The van der Waals surface area contributed by atoms with E-state index < -0.39 is 0 Å². The van der Waals surface area contributed by atoms with Crippen LogP contribution in [0.1, 0.15) is 73.1 Å². The predicted molar refractivity (Wildman–Crippen MR) is 69.0 cm³/mol. The first kappa shape index (κ1) is 13.1. The van der Waals surface area contributed by atoms with E-state index in [0.717, 1.165) is 23.2 Å². The molecule has 4 atom stereocenters. The van der Waals surface area contributed by atoms with Gasteiger partial charge in [0, 0.05) is 0 Å². The second kappa shape index (κ2) is 5.37. The summed E-state index contributed by atoms with van der Waals surface area (Å²) in [7, 11) is 0. The van der Waals surface area contributed by atoms with Crippen LogP contribution in [0.4, 0.5) is 0 Å². The molecule has 90 valence electrons. The van der Waals surface area contributed by atoms with Crippen molar-refractivity contribution in [3.63, 3.8) is 0 Å². The van der Waals surface area contributed by atoms with Crippen LogP contribution in [0.5, 0.6) is 0 Å². The van der Waals surface area contributed by atoms with E-state index in [0.29, 0.717) is 0 Å². The van der Waals surface area contributed by atoms with Gasteiger partial charge in [-0.3, -0.25) is 0 Å². The highest BCUT2D eigenvalue weighted by Gasteiger charge is 2.46. The molecular formula is C15H30. The molecule has 1 aliphatic carbocycles. The molecule has 0 aromatic rings. The molecule has 1 saturated carbocycles. The Balaban J connectivity index is 2.06. The minimum atomic E-state index is 0.718. The topological polar surface area (TPSA) is 0 Å². The summed E-state index contributed by atoms with van der Waals surface area (Å²) in [5.74, 6) is 2.88. The zero-order chi connectivity index (χ0) is 11.5. The minimum absolute atomic E-state index is 0.718. The van der Waals surface area contributed by atoms with Crippen molar-refractivity contribution in [3.8, 4) is 0 Å². The first-order valence-electron chi connectivity index (χ1n) is 6.98. The van der Waals surface area contributed by atoms with E-state index in [1.54, 1.807) is 0 Å². The van der Waals surface area contributed by atoms with E-state index in [-0.39, 0.29) is 0 Å². The van der Waals surface area contributed by atoms with Crippen LogP contribution in [0.15, 0.2) is 0 Å². The van der Waals surface area contributed by atoms with Gasteiger partial charge in [-0.25, -0.2) is 0 Å². The molecule has 4 unspecified atom stereocenters. The quantitative estimate of drug-likeness (QED) is 0.536. The fraction of sp³-hybridized carbons (Fsp3) is 1.00. The van der Waals surface area contributed by atoms with Gasteiger partial charge >= 0.3 is 0 Å². The largest absolute Gasteiger partial charge is 0.0651 e. The van der Waals surface area contributed by atoms with Gasteiger partial charge in [0.15, 0.2) is 0 Å². The number of hydrogen-bond acceptors (Lipinski definition) is 0. The van der Waals surface area contributed by atoms with E-state index in [1.807, 2.05) is 0 Å². The highest BCUT2D eigenvalue weighted by molar-refractivity contribution is 4.96. The molecule has 0 amide bonds. The molecule has 0 N–H and O–H groups in total. The summed E-state index contributed by atoms with van der Waals surface area (Å²) < 4.78 is 0. The summed E-state index contributed by atoms with van der Waals surface area (Å²) in [6.07, 6.45) is 8.63. The Morgan fingerprint density at radius 2 is 1.73 bits per heavy atom. The van der Waals surface area contributed by atoms with Crippen LogP contribution in [0.2, 0.25) is 0 Å². The molecule has 1 fully saturated rings. The maximum absolute atomic E-state index is 2.48. The van der Waals surface area contributed by atoms with Crippen LogP contribution < -0.4 is 0 Å². The van der Waals surface area contributed by atoms with Crippen molar-refractivity contribution in [2.24, 2.45) is 23.2 Å². The van der Waals surface area contributed by atoms with Crippen molar-refractivity contribution >= 4 is 0 Å². The third kappa shape index (κ3) is 4.17. The zero-order valence-corrected chi connectivity index (χ0v) is 11.5. The van der Waals surface area contributed by atoms with Crippen LogP contribution >= 0.6 is 0 Å². The Morgan fingerprint density at radius 3 is 2.20 bits per heavy atom. The molecule has 0 saturated heterocycles. The highest BCUT2D eigenvalue weighted by Crippen LogP contribution is 2.56. The summed E-state index contributed by atoms with van der Waals surface area (Å²) in [6.45, 7) is 12.0. The lowest BCUT2D eigenvalue weighted by Gasteiger charge is -2.17. The van der Waals surface area contributed by atoms with Gasteiger partial charge < -0.3 is 0 Å². The van der Waals surface area contributed by atoms with Gasteiger partial charge in [-0.15, -0.1) is 0 Å². The molecule has 0 radical (unpaired) electrons. The highest BCUT2D eigenvalue weighted by atomic mass is 14.5. The van der Waals surface area contributed by atoms with Gasteiger partial charge in [-0.1, -0.05) is 60.3 Å². The molecule has 0 bridgehead atoms. The summed E-state index contributed by atoms with van der Waals surface area (Å²) in [4.78, 5) is 0. The van der Waals surface area contributed by atoms with E-state index in [9.17, 15) is 0 Å². The molecule has 0 heteroatoms. The third-order valence-electron chi connectivity index (χ3n) is 4.71. The predicted octanol–water partition coefficient (Wildman–Crippen LogP) is 5.28. The minimum Gasteiger partial charge on any atom is -0.0651 e. The van der Waals surface area contributed by atoms with E-state index in [1.165, 1.54) is 38.5 Å². The van der Waals surface area contributed by atoms with Gasteiger partial charge in [0.05, 0.1) is 0 Å². The molecule has 0 aromatic heterocycles. The van der Waals surface area contributed by atoms with Crippen LogP contribution in [-0.2, 0) is 0 Å². The molecule has 0 aliphatic heterocycles. The Morgan fingerprint density at radius 1 is 1.20 bits per heavy atom. The fourth-order valence-electron chi connectivity index (χ4n) is 2.84. The Kier molecular flexibility index (Phi) is 4.67. The first-order chi connectivity index (χ1) is 6.98. The third-order valence-corrected chi connectivity index (χ3v) is 4.71. The SMILES string of the molecule is CCC(C)CCCC(C)CC1(C)CC1C. The number of rotatable bonds is 7. The normalized spacial score (nSPS) is 33.8. The lowest BCUT2D eigenvalue weighted by molar-refractivity contribution is 0.340. The average Bonchev–Trinajstić information content (AvgIpc) is 2.73. The molecule has 0 aromatic carbocycles. The second-order valence-corrected chi connectivity index (χ2v) is 6.51. The lowest BCUT2D eigenvalue weighted by atomic mass is 9.88. The molecule has 15 heavy (non-hydrogen) atoms. The van der Waals surface area contributed by atoms with Crippen molar-refractivity contribution in [2.75, 3.05) is 0 Å². The maximum Gasteiger partial charge on any atom is -0.0295 e. The molecule has 1 rings (SSSR count). The van der Waals surface area contributed by atoms with Crippen LogP contribution in [-0.4, -0.2) is 0 Å². The Bertz CT molecular complexity index is 184. The van der Waals surface area contributed by atoms with E-state index in [2.05, 4.69) is 34.6 Å². The molecule has 1 aliphatic rings. The van der Waals surface area contributed by atoms with Crippen molar-refractivity contribution in [3.05, 3.63) is 0 Å². The van der Waals surface area contributed by atoms with E-state index >= 15 is 0 Å². The van der Waals surface area contributed by atoms with Crippen molar-refractivity contribution in [1.82, 2.24) is 0 Å². The zero-order valence-electron chi connectivity index (χ0n) is 11.5.